The Morgan fingerprint density at radius 3 is 2.68 bits per heavy atom. The number of furan rings is 1. The van der Waals surface area contributed by atoms with Crippen molar-refractivity contribution >= 4 is 11.8 Å². The standard InChI is InChI=1S/C15H17N5OS/c1-15(2,3)13-16-8-7-11(17-13)22-14-19-18-12(20(14)4)10-6-5-9-21-10/h5-9H,1-4H3. The van der Waals surface area contributed by atoms with Gasteiger partial charge in [0.05, 0.1) is 6.26 Å². The number of rotatable bonds is 3. The second-order valence-electron chi connectivity index (χ2n) is 5.91. The Kier molecular flexibility index (Phi) is 3.74. The van der Waals surface area contributed by atoms with Crippen molar-refractivity contribution in [3.63, 3.8) is 0 Å². The Bertz CT molecular complexity index is 774. The van der Waals surface area contributed by atoms with Crippen LogP contribution in [0.1, 0.15) is 26.6 Å². The zero-order chi connectivity index (χ0) is 15.7. The maximum absolute atomic E-state index is 5.37. The largest absolute Gasteiger partial charge is 0.461 e. The Hall–Kier alpha value is -2.15. The Morgan fingerprint density at radius 2 is 2.00 bits per heavy atom. The first-order valence-electron chi connectivity index (χ1n) is 6.90. The molecule has 0 bridgehead atoms. The molecule has 0 N–H and O–H groups in total. The molecular weight excluding hydrogens is 298 g/mol. The molecule has 6 nitrogen and oxygen atoms in total. The minimum Gasteiger partial charge on any atom is -0.461 e. The maximum Gasteiger partial charge on any atom is 0.200 e. The second kappa shape index (κ2) is 5.57. The fraction of sp³-hybridized carbons (Fsp3) is 0.333. The molecule has 0 atom stereocenters. The molecule has 0 aliphatic carbocycles. The first-order valence-corrected chi connectivity index (χ1v) is 7.71. The summed E-state index contributed by atoms with van der Waals surface area (Å²) < 4.78 is 7.26. The lowest BCUT2D eigenvalue weighted by molar-refractivity contribution is 0.538. The van der Waals surface area contributed by atoms with Crippen molar-refractivity contribution in [1.29, 1.82) is 0 Å². The van der Waals surface area contributed by atoms with E-state index in [1.165, 1.54) is 11.8 Å². The molecule has 0 fully saturated rings. The molecule has 7 heteroatoms. The molecule has 0 radical (unpaired) electrons. The lowest BCUT2D eigenvalue weighted by Gasteiger charge is -2.16. The zero-order valence-corrected chi connectivity index (χ0v) is 13.8. The van der Waals surface area contributed by atoms with Gasteiger partial charge >= 0.3 is 0 Å². The van der Waals surface area contributed by atoms with Gasteiger partial charge in [0.25, 0.3) is 0 Å². The van der Waals surface area contributed by atoms with E-state index in [9.17, 15) is 0 Å². The van der Waals surface area contributed by atoms with Gasteiger partial charge < -0.3 is 8.98 Å². The molecule has 3 aromatic heterocycles. The lowest BCUT2D eigenvalue weighted by Crippen LogP contribution is -2.15. The van der Waals surface area contributed by atoms with Crippen LogP contribution >= 0.6 is 11.8 Å². The van der Waals surface area contributed by atoms with E-state index < -0.39 is 0 Å². The Labute approximate surface area is 133 Å². The van der Waals surface area contributed by atoms with Crippen molar-refractivity contribution in [2.75, 3.05) is 0 Å². The average molecular weight is 315 g/mol. The summed E-state index contributed by atoms with van der Waals surface area (Å²) in [5, 5.41) is 10.00. The minimum atomic E-state index is -0.0875. The van der Waals surface area contributed by atoms with Crippen molar-refractivity contribution in [2.24, 2.45) is 7.05 Å². The first-order chi connectivity index (χ1) is 10.4. The molecule has 0 spiro atoms. The highest BCUT2D eigenvalue weighted by Gasteiger charge is 2.19. The third-order valence-electron chi connectivity index (χ3n) is 3.07. The van der Waals surface area contributed by atoms with Crippen LogP contribution in [0, 0.1) is 0 Å². The topological polar surface area (TPSA) is 69.6 Å². The lowest BCUT2D eigenvalue weighted by atomic mass is 9.96. The van der Waals surface area contributed by atoms with E-state index in [0.29, 0.717) is 11.6 Å². The molecule has 0 saturated heterocycles. The molecule has 0 saturated carbocycles. The van der Waals surface area contributed by atoms with Gasteiger partial charge in [-0.1, -0.05) is 20.8 Å². The Balaban J connectivity index is 1.88. The maximum atomic E-state index is 5.37. The normalized spacial score (nSPS) is 11.8. The summed E-state index contributed by atoms with van der Waals surface area (Å²) in [7, 11) is 1.91. The summed E-state index contributed by atoms with van der Waals surface area (Å²) in [4.78, 5) is 8.94. The van der Waals surface area contributed by atoms with E-state index in [4.69, 9.17) is 4.42 Å². The van der Waals surface area contributed by atoms with Crippen LogP contribution in [-0.2, 0) is 12.5 Å². The van der Waals surface area contributed by atoms with Crippen molar-refractivity contribution in [3.05, 3.63) is 36.5 Å². The summed E-state index contributed by atoms with van der Waals surface area (Å²) in [6.07, 6.45) is 3.40. The summed E-state index contributed by atoms with van der Waals surface area (Å²) >= 11 is 1.46. The van der Waals surface area contributed by atoms with Gasteiger partial charge in [-0.3, -0.25) is 0 Å². The third-order valence-corrected chi connectivity index (χ3v) is 4.05. The van der Waals surface area contributed by atoms with E-state index in [1.807, 2.05) is 29.8 Å². The van der Waals surface area contributed by atoms with Crippen LogP contribution in [0.25, 0.3) is 11.6 Å². The molecule has 3 aromatic rings. The van der Waals surface area contributed by atoms with Crippen LogP contribution in [0.4, 0.5) is 0 Å². The summed E-state index contributed by atoms with van der Waals surface area (Å²) in [5.74, 6) is 2.20. The molecule has 0 aromatic carbocycles. The minimum absolute atomic E-state index is 0.0875. The van der Waals surface area contributed by atoms with Crippen LogP contribution < -0.4 is 0 Å². The van der Waals surface area contributed by atoms with Crippen LogP contribution in [0.5, 0.6) is 0 Å². The van der Waals surface area contributed by atoms with Crippen molar-refractivity contribution in [2.45, 2.75) is 36.4 Å². The number of aromatic nitrogens is 5. The van der Waals surface area contributed by atoms with Gasteiger partial charge in [-0.15, -0.1) is 10.2 Å². The van der Waals surface area contributed by atoms with Gasteiger partial charge in [-0.05, 0) is 30.0 Å². The summed E-state index contributed by atoms with van der Waals surface area (Å²) in [5.41, 5.74) is -0.0875. The highest BCUT2D eigenvalue weighted by molar-refractivity contribution is 7.99. The van der Waals surface area contributed by atoms with E-state index in [2.05, 4.69) is 40.9 Å². The molecular formula is C15H17N5OS. The van der Waals surface area contributed by atoms with Gasteiger partial charge in [0.15, 0.2) is 16.7 Å². The SMILES string of the molecule is Cn1c(Sc2ccnc(C(C)(C)C)n2)nnc1-c1ccco1. The van der Waals surface area contributed by atoms with Crippen molar-refractivity contribution in [3.8, 4) is 11.6 Å². The van der Waals surface area contributed by atoms with Crippen molar-refractivity contribution < 1.29 is 4.42 Å². The molecule has 0 aliphatic heterocycles. The Morgan fingerprint density at radius 1 is 1.18 bits per heavy atom. The molecule has 3 rings (SSSR count). The van der Waals surface area contributed by atoms with Crippen LogP contribution in [-0.4, -0.2) is 24.7 Å². The van der Waals surface area contributed by atoms with Crippen LogP contribution in [0.15, 0.2) is 45.3 Å². The second-order valence-corrected chi connectivity index (χ2v) is 6.90. The van der Waals surface area contributed by atoms with Gasteiger partial charge in [-0.2, -0.15) is 0 Å². The average Bonchev–Trinajstić information content (AvgIpc) is 3.09. The molecule has 0 aliphatic rings. The van der Waals surface area contributed by atoms with E-state index in [1.54, 1.807) is 12.5 Å². The molecule has 3 heterocycles. The highest BCUT2D eigenvalue weighted by Crippen LogP contribution is 2.28. The predicted octanol–water partition coefficient (Wildman–Crippen LogP) is 3.31. The molecule has 114 valence electrons. The van der Waals surface area contributed by atoms with Crippen LogP contribution in [0.3, 0.4) is 0 Å². The highest BCUT2D eigenvalue weighted by atomic mass is 32.2. The number of hydrogen-bond acceptors (Lipinski definition) is 6. The van der Waals surface area contributed by atoms with E-state index in [-0.39, 0.29) is 5.41 Å². The molecule has 0 amide bonds. The third kappa shape index (κ3) is 2.89. The van der Waals surface area contributed by atoms with E-state index >= 15 is 0 Å². The van der Waals surface area contributed by atoms with Gasteiger partial charge in [0.2, 0.25) is 0 Å². The number of hydrogen-bond donors (Lipinski definition) is 0. The zero-order valence-electron chi connectivity index (χ0n) is 12.9. The van der Waals surface area contributed by atoms with Gasteiger partial charge in [0, 0.05) is 18.7 Å². The summed E-state index contributed by atoms with van der Waals surface area (Å²) in [6, 6.07) is 5.57. The quantitative estimate of drug-likeness (QED) is 0.691. The summed E-state index contributed by atoms with van der Waals surface area (Å²) in [6.45, 7) is 6.27. The molecule has 22 heavy (non-hydrogen) atoms. The fourth-order valence-electron chi connectivity index (χ4n) is 1.88. The van der Waals surface area contributed by atoms with Crippen LogP contribution in [0.2, 0.25) is 0 Å². The first kappa shape index (κ1) is 14.8. The number of nitrogens with zero attached hydrogens (tertiary/aromatic N) is 5. The van der Waals surface area contributed by atoms with Crippen molar-refractivity contribution in [1.82, 2.24) is 24.7 Å². The molecule has 0 unspecified atom stereocenters. The fourth-order valence-corrected chi connectivity index (χ4v) is 2.63. The smallest absolute Gasteiger partial charge is 0.200 e. The van der Waals surface area contributed by atoms with E-state index in [0.717, 1.165) is 16.0 Å². The predicted molar refractivity (Wildman–Crippen MR) is 83.6 cm³/mol. The van der Waals surface area contributed by atoms with Gasteiger partial charge in [-0.25, -0.2) is 9.97 Å². The monoisotopic (exact) mass is 315 g/mol. The van der Waals surface area contributed by atoms with Gasteiger partial charge in [0.1, 0.15) is 10.9 Å².